The molecular formula is C15H19ClN2O4S. The van der Waals surface area contributed by atoms with Gasteiger partial charge in [-0.25, -0.2) is 4.79 Å². The fraction of sp³-hybridized carbons (Fsp3) is 0.400. The van der Waals surface area contributed by atoms with Crippen LogP contribution in [-0.4, -0.2) is 53.2 Å². The van der Waals surface area contributed by atoms with E-state index in [4.69, 9.17) is 11.6 Å². The molecule has 6 nitrogen and oxygen atoms in total. The summed E-state index contributed by atoms with van der Waals surface area (Å²) in [4.78, 5) is 37.0. The highest BCUT2D eigenvalue weighted by atomic mass is 35.5. The minimum absolute atomic E-state index is 0.0751. The van der Waals surface area contributed by atoms with Crippen LogP contribution in [0.25, 0.3) is 0 Å². The van der Waals surface area contributed by atoms with Crippen LogP contribution in [0.4, 0.5) is 0 Å². The molecular weight excluding hydrogens is 340 g/mol. The van der Waals surface area contributed by atoms with Crippen LogP contribution in [0.15, 0.2) is 23.1 Å². The average molecular weight is 359 g/mol. The highest BCUT2D eigenvalue weighted by molar-refractivity contribution is 7.98. The Morgan fingerprint density at radius 2 is 2.04 bits per heavy atom. The van der Waals surface area contributed by atoms with Crippen molar-refractivity contribution in [2.24, 2.45) is 0 Å². The van der Waals surface area contributed by atoms with Crippen molar-refractivity contribution in [1.82, 2.24) is 10.2 Å². The van der Waals surface area contributed by atoms with Gasteiger partial charge in [0.25, 0.3) is 5.91 Å². The number of hydrogen-bond donors (Lipinski definition) is 2. The lowest BCUT2D eigenvalue weighted by Gasteiger charge is -2.27. The van der Waals surface area contributed by atoms with Crippen LogP contribution >= 0.6 is 23.4 Å². The summed E-state index contributed by atoms with van der Waals surface area (Å²) in [6.45, 7) is 3.01. The fourth-order valence-electron chi connectivity index (χ4n) is 1.91. The number of nitrogens with one attached hydrogen (secondary N) is 1. The molecule has 0 aromatic heterocycles. The van der Waals surface area contributed by atoms with Crippen molar-refractivity contribution in [1.29, 1.82) is 0 Å². The Balaban J connectivity index is 3.07. The zero-order valence-electron chi connectivity index (χ0n) is 13.1. The van der Waals surface area contributed by atoms with E-state index in [1.807, 2.05) is 6.26 Å². The first-order chi connectivity index (χ1) is 10.8. The zero-order valence-corrected chi connectivity index (χ0v) is 14.7. The Kier molecular flexibility index (Phi) is 7.38. The summed E-state index contributed by atoms with van der Waals surface area (Å²) in [7, 11) is 0. The Bertz CT molecular complexity index is 609. The maximum atomic E-state index is 12.7. The summed E-state index contributed by atoms with van der Waals surface area (Å²) in [6.07, 6.45) is 1.87. The van der Waals surface area contributed by atoms with Gasteiger partial charge in [0, 0.05) is 24.9 Å². The van der Waals surface area contributed by atoms with Gasteiger partial charge in [-0.2, -0.15) is 0 Å². The van der Waals surface area contributed by atoms with Gasteiger partial charge in [0.15, 0.2) is 0 Å². The first-order valence-corrected chi connectivity index (χ1v) is 8.50. The number of amides is 2. The summed E-state index contributed by atoms with van der Waals surface area (Å²) in [6, 6.07) is 3.99. The first kappa shape index (κ1) is 19.3. The van der Waals surface area contributed by atoms with E-state index in [1.165, 1.54) is 30.5 Å². The van der Waals surface area contributed by atoms with E-state index >= 15 is 0 Å². The molecule has 0 spiro atoms. The standard InChI is InChI=1S/C15H19ClN2O4S/c1-9(15(21)22)18(7-6-17-10(2)19)14(20)12-8-11(23-3)4-5-13(12)16/h4-5,8-9H,6-7H2,1-3H3,(H,17,19)(H,21,22). The Labute approximate surface area is 144 Å². The second kappa shape index (κ2) is 8.79. The molecule has 8 heteroatoms. The van der Waals surface area contributed by atoms with Gasteiger partial charge in [-0.15, -0.1) is 11.8 Å². The molecule has 2 N–H and O–H groups in total. The van der Waals surface area contributed by atoms with E-state index in [9.17, 15) is 19.5 Å². The van der Waals surface area contributed by atoms with Crippen LogP contribution < -0.4 is 5.32 Å². The van der Waals surface area contributed by atoms with Gasteiger partial charge in [-0.05, 0) is 31.4 Å². The van der Waals surface area contributed by atoms with Gasteiger partial charge in [-0.3, -0.25) is 9.59 Å². The van der Waals surface area contributed by atoms with Crippen molar-refractivity contribution in [3.63, 3.8) is 0 Å². The van der Waals surface area contributed by atoms with E-state index in [1.54, 1.807) is 18.2 Å². The van der Waals surface area contributed by atoms with Gasteiger partial charge in [0.2, 0.25) is 5.91 Å². The summed E-state index contributed by atoms with van der Waals surface area (Å²) >= 11 is 7.54. The third-order valence-corrected chi connectivity index (χ3v) is 4.27. The van der Waals surface area contributed by atoms with E-state index in [2.05, 4.69) is 5.32 Å². The Hall–Kier alpha value is -1.73. The number of carbonyl (C=O) groups is 3. The van der Waals surface area contributed by atoms with Crippen LogP contribution in [0.1, 0.15) is 24.2 Å². The van der Waals surface area contributed by atoms with Gasteiger partial charge < -0.3 is 15.3 Å². The van der Waals surface area contributed by atoms with E-state index < -0.39 is 17.9 Å². The molecule has 0 bridgehead atoms. The lowest BCUT2D eigenvalue weighted by molar-refractivity contribution is -0.141. The molecule has 0 aliphatic heterocycles. The monoisotopic (exact) mass is 358 g/mol. The van der Waals surface area contributed by atoms with E-state index in [0.29, 0.717) is 0 Å². The number of benzene rings is 1. The van der Waals surface area contributed by atoms with Gasteiger partial charge in [0.1, 0.15) is 6.04 Å². The quantitative estimate of drug-likeness (QED) is 0.729. The van der Waals surface area contributed by atoms with E-state index in [0.717, 1.165) is 4.90 Å². The molecule has 1 rings (SSSR count). The topological polar surface area (TPSA) is 86.7 Å². The molecule has 0 fully saturated rings. The summed E-state index contributed by atoms with van der Waals surface area (Å²) in [5.41, 5.74) is 0.245. The number of carboxylic acids is 1. The van der Waals surface area contributed by atoms with Gasteiger partial charge in [-0.1, -0.05) is 11.6 Å². The lowest BCUT2D eigenvalue weighted by Crippen LogP contribution is -2.46. The number of rotatable bonds is 7. The number of hydrogen-bond acceptors (Lipinski definition) is 4. The van der Waals surface area contributed by atoms with Crippen molar-refractivity contribution in [3.05, 3.63) is 28.8 Å². The third kappa shape index (κ3) is 5.44. The molecule has 1 aromatic rings. The number of carboxylic acid groups (broad SMARTS) is 1. The summed E-state index contributed by atoms with van der Waals surface area (Å²) in [5, 5.41) is 12.0. The highest BCUT2D eigenvalue weighted by Gasteiger charge is 2.27. The fourth-order valence-corrected chi connectivity index (χ4v) is 2.54. The van der Waals surface area contributed by atoms with Crippen molar-refractivity contribution in [2.45, 2.75) is 24.8 Å². The molecule has 0 aliphatic carbocycles. The van der Waals surface area contributed by atoms with Crippen LogP contribution in [0.5, 0.6) is 0 Å². The predicted octanol–water partition coefficient (Wildman–Crippen LogP) is 2.11. The summed E-state index contributed by atoms with van der Waals surface area (Å²) in [5.74, 6) is -1.85. The molecule has 23 heavy (non-hydrogen) atoms. The summed E-state index contributed by atoms with van der Waals surface area (Å²) < 4.78 is 0. The molecule has 2 amide bonds. The van der Waals surface area contributed by atoms with Crippen molar-refractivity contribution in [3.8, 4) is 0 Å². The maximum absolute atomic E-state index is 12.7. The largest absolute Gasteiger partial charge is 0.480 e. The SMILES string of the molecule is CSc1ccc(Cl)c(C(=O)N(CCNC(C)=O)C(C)C(=O)O)c1. The molecule has 1 atom stereocenters. The molecule has 0 aliphatic rings. The lowest BCUT2D eigenvalue weighted by atomic mass is 10.1. The Morgan fingerprint density at radius 1 is 1.39 bits per heavy atom. The van der Waals surface area contributed by atoms with Crippen molar-refractivity contribution in [2.75, 3.05) is 19.3 Å². The van der Waals surface area contributed by atoms with Crippen LogP contribution in [0.2, 0.25) is 5.02 Å². The molecule has 0 saturated heterocycles. The minimum atomic E-state index is -1.13. The third-order valence-electron chi connectivity index (χ3n) is 3.22. The number of carbonyl (C=O) groups excluding carboxylic acids is 2. The zero-order chi connectivity index (χ0) is 17.6. The van der Waals surface area contributed by atoms with Crippen LogP contribution in [-0.2, 0) is 9.59 Å². The second-order valence-corrected chi connectivity index (χ2v) is 6.13. The van der Waals surface area contributed by atoms with Gasteiger partial charge >= 0.3 is 5.97 Å². The van der Waals surface area contributed by atoms with Crippen molar-refractivity contribution >= 4 is 41.1 Å². The van der Waals surface area contributed by atoms with E-state index in [-0.39, 0.29) is 29.6 Å². The molecule has 126 valence electrons. The van der Waals surface area contributed by atoms with Crippen LogP contribution in [0.3, 0.4) is 0 Å². The maximum Gasteiger partial charge on any atom is 0.326 e. The number of thioether (sulfide) groups is 1. The molecule has 1 unspecified atom stereocenters. The second-order valence-electron chi connectivity index (χ2n) is 4.84. The molecule has 0 heterocycles. The van der Waals surface area contributed by atoms with Gasteiger partial charge in [0.05, 0.1) is 10.6 Å². The molecule has 1 aromatic carbocycles. The number of halogens is 1. The normalized spacial score (nSPS) is 11.7. The number of aliphatic carboxylic acids is 1. The average Bonchev–Trinajstić information content (AvgIpc) is 2.50. The van der Waals surface area contributed by atoms with Crippen molar-refractivity contribution < 1.29 is 19.5 Å². The molecule has 0 radical (unpaired) electrons. The Morgan fingerprint density at radius 3 is 2.57 bits per heavy atom. The first-order valence-electron chi connectivity index (χ1n) is 6.89. The highest BCUT2D eigenvalue weighted by Crippen LogP contribution is 2.24. The predicted molar refractivity (Wildman–Crippen MR) is 90.1 cm³/mol. The minimum Gasteiger partial charge on any atom is -0.480 e. The molecule has 0 saturated carbocycles. The number of nitrogens with zero attached hydrogens (tertiary/aromatic N) is 1. The van der Waals surface area contributed by atoms with Crippen LogP contribution in [0, 0.1) is 0 Å². The smallest absolute Gasteiger partial charge is 0.326 e.